The number of methoxy groups -OCH3 is 1. The third-order valence-corrected chi connectivity index (χ3v) is 3.92. The van der Waals surface area contributed by atoms with Crippen molar-refractivity contribution in [1.29, 1.82) is 0 Å². The van der Waals surface area contributed by atoms with E-state index in [2.05, 4.69) is 20.6 Å². The van der Waals surface area contributed by atoms with E-state index in [0.717, 1.165) is 5.69 Å². The molecule has 2 N–H and O–H groups in total. The lowest BCUT2D eigenvalue weighted by atomic mass is 10.2. The van der Waals surface area contributed by atoms with Gasteiger partial charge in [-0.3, -0.25) is 0 Å². The van der Waals surface area contributed by atoms with Crippen molar-refractivity contribution < 1.29 is 9.13 Å². The van der Waals surface area contributed by atoms with Crippen LogP contribution < -0.4 is 15.4 Å². The summed E-state index contributed by atoms with van der Waals surface area (Å²) in [6.45, 7) is 2.18. The van der Waals surface area contributed by atoms with Crippen molar-refractivity contribution in [1.82, 2.24) is 9.97 Å². The molecule has 1 heterocycles. The molecule has 0 unspecified atom stereocenters. The Kier molecular flexibility index (Phi) is 5.53. The molecular formula is C19H18ClFN4O. The number of rotatable bonds is 6. The second-order valence-electron chi connectivity index (χ2n) is 5.63. The number of benzene rings is 2. The molecule has 0 fully saturated rings. The van der Waals surface area contributed by atoms with Crippen molar-refractivity contribution in [2.75, 3.05) is 17.7 Å². The average molecular weight is 373 g/mol. The van der Waals surface area contributed by atoms with Crippen molar-refractivity contribution in [2.24, 2.45) is 0 Å². The van der Waals surface area contributed by atoms with E-state index in [1.165, 1.54) is 6.07 Å². The van der Waals surface area contributed by atoms with E-state index in [1.54, 1.807) is 49.6 Å². The number of aromatic nitrogens is 2. The summed E-state index contributed by atoms with van der Waals surface area (Å²) < 4.78 is 19.1. The highest BCUT2D eigenvalue weighted by Crippen LogP contribution is 2.29. The zero-order chi connectivity index (χ0) is 18.5. The number of aryl methyl sites for hydroxylation is 1. The first-order valence-electron chi connectivity index (χ1n) is 7.98. The van der Waals surface area contributed by atoms with Gasteiger partial charge in [0, 0.05) is 28.9 Å². The maximum absolute atomic E-state index is 13.7. The molecule has 134 valence electrons. The molecule has 26 heavy (non-hydrogen) atoms. The molecule has 2 aromatic carbocycles. The SMILES string of the molecule is COc1ccc(Cl)cc1Nc1nc(C)cc(NCc2ccccc2F)n1. The molecule has 0 bridgehead atoms. The van der Waals surface area contributed by atoms with E-state index in [0.29, 0.717) is 40.3 Å². The largest absolute Gasteiger partial charge is 0.495 e. The standard InChI is InChI=1S/C19H18ClFN4O/c1-12-9-18(22-11-13-5-3-4-6-15(13)21)25-19(23-12)24-16-10-14(20)7-8-17(16)26-2/h3-10H,11H2,1-2H3,(H2,22,23,24,25). The highest BCUT2D eigenvalue weighted by molar-refractivity contribution is 6.31. The van der Waals surface area contributed by atoms with Crippen LogP contribution in [0.5, 0.6) is 5.75 Å². The first-order chi connectivity index (χ1) is 12.5. The van der Waals surface area contributed by atoms with Crippen LogP contribution in [0.2, 0.25) is 5.02 Å². The Balaban J connectivity index is 1.80. The Morgan fingerprint density at radius 1 is 1.12 bits per heavy atom. The van der Waals surface area contributed by atoms with Crippen molar-refractivity contribution in [3.05, 3.63) is 70.6 Å². The quantitative estimate of drug-likeness (QED) is 0.641. The number of hydrogen-bond acceptors (Lipinski definition) is 5. The fourth-order valence-electron chi connectivity index (χ4n) is 2.44. The summed E-state index contributed by atoms with van der Waals surface area (Å²) in [7, 11) is 1.58. The number of anilines is 3. The first-order valence-corrected chi connectivity index (χ1v) is 8.36. The molecule has 3 aromatic rings. The van der Waals surface area contributed by atoms with Crippen molar-refractivity contribution in [2.45, 2.75) is 13.5 Å². The van der Waals surface area contributed by atoms with Crippen LogP contribution in [0.25, 0.3) is 0 Å². The van der Waals surface area contributed by atoms with Gasteiger partial charge in [-0.25, -0.2) is 9.37 Å². The molecule has 0 atom stereocenters. The molecule has 5 nitrogen and oxygen atoms in total. The van der Waals surface area contributed by atoms with E-state index in [4.69, 9.17) is 16.3 Å². The first kappa shape index (κ1) is 17.9. The molecule has 7 heteroatoms. The molecule has 3 rings (SSSR count). The number of nitrogens with one attached hydrogen (secondary N) is 2. The summed E-state index contributed by atoms with van der Waals surface area (Å²) in [5.74, 6) is 1.35. The Labute approximate surface area is 156 Å². The Bertz CT molecular complexity index is 920. The van der Waals surface area contributed by atoms with Gasteiger partial charge < -0.3 is 15.4 Å². The van der Waals surface area contributed by atoms with Crippen molar-refractivity contribution >= 4 is 29.1 Å². The third-order valence-electron chi connectivity index (χ3n) is 3.68. The summed E-state index contributed by atoms with van der Waals surface area (Å²) in [4.78, 5) is 8.80. The molecule has 0 aliphatic carbocycles. The van der Waals surface area contributed by atoms with Crippen LogP contribution in [-0.4, -0.2) is 17.1 Å². The van der Waals surface area contributed by atoms with Gasteiger partial charge in [-0.05, 0) is 31.2 Å². The van der Waals surface area contributed by atoms with Gasteiger partial charge >= 0.3 is 0 Å². The van der Waals surface area contributed by atoms with Crippen molar-refractivity contribution in [3.63, 3.8) is 0 Å². The summed E-state index contributed by atoms with van der Waals surface area (Å²) >= 11 is 6.05. The van der Waals surface area contributed by atoms with Gasteiger partial charge in [0.1, 0.15) is 17.4 Å². The molecule has 1 aromatic heterocycles. The number of halogens is 2. The predicted molar refractivity (Wildman–Crippen MR) is 102 cm³/mol. The maximum Gasteiger partial charge on any atom is 0.229 e. The van der Waals surface area contributed by atoms with Crippen LogP contribution in [0, 0.1) is 12.7 Å². The summed E-state index contributed by atoms with van der Waals surface area (Å²) in [6, 6.07) is 13.6. The highest BCUT2D eigenvalue weighted by atomic mass is 35.5. The minimum Gasteiger partial charge on any atom is -0.495 e. The monoisotopic (exact) mass is 372 g/mol. The molecular weight excluding hydrogens is 355 g/mol. The van der Waals surface area contributed by atoms with Crippen LogP contribution in [0.4, 0.5) is 21.8 Å². The summed E-state index contributed by atoms with van der Waals surface area (Å²) in [5, 5.41) is 6.80. The molecule has 0 saturated carbocycles. The van der Waals surface area contributed by atoms with E-state index in [1.807, 2.05) is 6.92 Å². The smallest absolute Gasteiger partial charge is 0.229 e. The Morgan fingerprint density at radius 3 is 2.69 bits per heavy atom. The van der Waals surface area contributed by atoms with Crippen molar-refractivity contribution in [3.8, 4) is 5.75 Å². The number of hydrogen-bond donors (Lipinski definition) is 2. The van der Waals surface area contributed by atoms with E-state index < -0.39 is 0 Å². The lowest BCUT2D eigenvalue weighted by molar-refractivity contribution is 0.417. The molecule has 0 amide bonds. The molecule has 0 aliphatic heterocycles. The third kappa shape index (κ3) is 4.40. The Morgan fingerprint density at radius 2 is 1.92 bits per heavy atom. The van der Waals surface area contributed by atoms with E-state index in [9.17, 15) is 4.39 Å². The second-order valence-corrected chi connectivity index (χ2v) is 6.07. The van der Waals surface area contributed by atoms with Gasteiger partial charge in [0.2, 0.25) is 5.95 Å². The fourth-order valence-corrected chi connectivity index (χ4v) is 2.61. The highest BCUT2D eigenvalue weighted by Gasteiger charge is 2.08. The van der Waals surface area contributed by atoms with Gasteiger partial charge in [-0.15, -0.1) is 0 Å². The van der Waals surface area contributed by atoms with Gasteiger partial charge in [0.25, 0.3) is 0 Å². The van der Waals surface area contributed by atoms with Crippen LogP contribution in [0.15, 0.2) is 48.5 Å². The van der Waals surface area contributed by atoms with Crippen LogP contribution in [-0.2, 0) is 6.54 Å². The van der Waals surface area contributed by atoms with E-state index >= 15 is 0 Å². The molecule has 0 aliphatic rings. The maximum atomic E-state index is 13.7. The molecule has 0 radical (unpaired) electrons. The zero-order valence-electron chi connectivity index (χ0n) is 14.4. The zero-order valence-corrected chi connectivity index (χ0v) is 15.1. The lowest BCUT2D eigenvalue weighted by Gasteiger charge is -2.13. The van der Waals surface area contributed by atoms with Crippen LogP contribution in [0.3, 0.4) is 0 Å². The van der Waals surface area contributed by atoms with E-state index in [-0.39, 0.29) is 5.82 Å². The summed E-state index contributed by atoms with van der Waals surface area (Å²) in [6.07, 6.45) is 0. The minimum atomic E-state index is -0.257. The van der Waals surface area contributed by atoms with Gasteiger partial charge in [0.15, 0.2) is 0 Å². The lowest BCUT2D eigenvalue weighted by Crippen LogP contribution is -2.07. The normalized spacial score (nSPS) is 10.5. The number of ether oxygens (including phenoxy) is 1. The van der Waals surface area contributed by atoms with Crippen LogP contribution >= 0.6 is 11.6 Å². The fraction of sp³-hybridized carbons (Fsp3) is 0.158. The molecule has 0 spiro atoms. The predicted octanol–water partition coefficient (Wildman–Crippen LogP) is 4.94. The van der Waals surface area contributed by atoms with Gasteiger partial charge in [-0.2, -0.15) is 4.98 Å². The topological polar surface area (TPSA) is 59.1 Å². The van der Waals surface area contributed by atoms with Crippen LogP contribution in [0.1, 0.15) is 11.3 Å². The van der Waals surface area contributed by atoms with Gasteiger partial charge in [-0.1, -0.05) is 29.8 Å². The molecule has 0 saturated heterocycles. The van der Waals surface area contributed by atoms with Gasteiger partial charge in [0.05, 0.1) is 12.8 Å². The number of nitrogens with zero attached hydrogens (tertiary/aromatic N) is 2. The average Bonchev–Trinajstić information content (AvgIpc) is 2.61. The second kappa shape index (κ2) is 8.01. The Hall–Kier alpha value is -2.86. The summed E-state index contributed by atoms with van der Waals surface area (Å²) in [5.41, 5.74) is 1.99. The minimum absolute atomic E-state index is 0.257.